The molecule has 2 aliphatic heterocycles. The molecule has 6 nitrogen and oxygen atoms in total. The molecule has 2 N–H and O–H groups in total. The predicted molar refractivity (Wildman–Crippen MR) is 127 cm³/mol. The molecule has 4 heterocycles. The van der Waals surface area contributed by atoms with Gasteiger partial charge in [0.05, 0.1) is 12.6 Å². The molecule has 1 atom stereocenters. The minimum Gasteiger partial charge on any atom is -0.395 e. The molecule has 0 unspecified atom stereocenters. The van der Waals surface area contributed by atoms with Crippen LogP contribution in [0.3, 0.4) is 0 Å². The number of aliphatic hydroxyl groups excluding tert-OH is 1. The number of aromatic nitrogens is 1. The summed E-state index contributed by atoms with van der Waals surface area (Å²) >= 11 is 0. The van der Waals surface area contributed by atoms with Gasteiger partial charge in [0.15, 0.2) is 0 Å². The Bertz CT molecular complexity index is 1170. The molecule has 2 saturated heterocycles. The van der Waals surface area contributed by atoms with Gasteiger partial charge in [-0.3, -0.25) is 9.20 Å². The molecule has 0 saturated carbocycles. The molecule has 8 heteroatoms. The summed E-state index contributed by atoms with van der Waals surface area (Å²) in [5.41, 5.74) is 1.77. The molecule has 0 aliphatic carbocycles. The Balaban J connectivity index is 1.42. The molecule has 180 valence electrons. The van der Waals surface area contributed by atoms with Crippen LogP contribution >= 0.6 is 0 Å². The number of nitrogens with zero attached hydrogens (tertiary/aromatic N) is 3. The van der Waals surface area contributed by atoms with Gasteiger partial charge < -0.3 is 20.2 Å². The number of anilines is 1. The van der Waals surface area contributed by atoms with E-state index in [1.165, 1.54) is 12.1 Å². The maximum atomic E-state index is 14.6. The lowest BCUT2D eigenvalue weighted by Gasteiger charge is -2.32. The van der Waals surface area contributed by atoms with Crippen molar-refractivity contribution in [2.75, 3.05) is 37.7 Å². The number of pyridine rings is 1. The summed E-state index contributed by atoms with van der Waals surface area (Å²) in [4.78, 5) is 17.6. The fourth-order valence-corrected chi connectivity index (χ4v) is 5.38. The summed E-state index contributed by atoms with van der Waals surface area (Å²) in [5, 5.41) is 12.3. The molecule has 1 amide bonds. The normalized spacial score (nSPS) is 19.7. The first-order chi connectivity index (χ1) is 16.5. The highest BCUT2D eigenvalue weighted by Crippen LogP contribution is 2.38. The average molecular weight is 469 g/mol. The van der Waals surface area contributed by atoms with Crippen molar-refractivity contribution in [1.29, 1.82) is 0 Å². The zero-order valence-electron chi connectivity index (χ0n) is 19.1. The maximum Gasteiger partial charge on any atom is 0.268 e. The second-order valence-corrected chi connectivity index (χ2v) is 9.19. The highest BCUT2D eigenvalue weighted by Gasteiger charge is 2.31. The molecular formula is C26H30F2N4O2. The second-order valence-electron chi connectivity index (χ2n) is 9.19. The number of aliphatic hydroxyl groups is 1. The van der Waals surface area contributed by atoms with Gasteiger partial charge in [0.1, 0.15) is 23.1 Å². The van der Waals surface area contributed by atoms with Crippen LogP contribution < -0.4 is 10.2 Å². The first-order valence-electron chi connectivity index (χ1n) is 12.0. The SMILES string of the molecule is O=C(NC1CCN(CCO)CC1)c1ccc2cccc(N3CCC[C@@H]3c3cc(F)ccc3F)n12. The molecule has 3 aromatic rings. The highest BCUT2D eigenvalue weighted by molar-refractivity contribution is 5.95. The van der Waals surface area contributed by atoms with E-state index in [0.717, 1.165) is 49.8 Å². The monoisotopic (exact) mass is 468 g/mol. The molecule has 2 aromatic heterocycles. The van der Waals surface area contributed by atoms with Crippen LogP contribution in [0.25, 0.3) is 5.52 Å². The van der Waals surface area contributed by atoms with Crippen molar-refractivity contribution in [3.63, 3.8) is 0 Å². The molecule has 2 aliphatic rings. The fourth-order valence-electron chi connectivity index (χ4n) is 5.38. The summed E-state index contributed by atoms with van der Waals surface area (Å²) in [7, 11) is 0. The predicted octanol–water partition coefficient (Wildman–Crippen LogP) is 3.75. The Kier molecular flexibility index (Phi) is 6.52. The van der Waals surface area contributed by atoms with Gasteiger partial charge in [-0.05, 0) is 68.1 Å². The number of hydrogen-bond acceptors (Lipinski definition) is 4. The molecule has 0 spiro atoms. The number of carbonyl (C=O) groups is 1. The van der Waals surface area contributed by atoms with Crippen LogP contribution in [0, 0.1) is 11.6 Å². The standard InChI is InChI=1S/C26H30F2N4O2/c27-18-6-8-22(28)21(17-18)23-4-2-12-31(23)25-5-1-3-20-7-9-24(32(20)25)26(34)29-19-10-13-30(14-11-19)15-16-33/h1,3,5-9,17,19,23,33H,2,4,10-16H2,(H,29,34)/t23-/m1/s1. The van der Waals surface area contributed by atoms with E-state index in [1.54, 1.807) is 0 Å². The van der Waals surface area contributed by atoms with Gasteiger partial charge in [-0.25, -0.2) is 8.78 Å². The topological polar surface area (TPSA) is 60.2 Å². The van der Waals surface area contributed by atoms with Crippen LogP contribution in [-0.4, -0.2) is 59.1 Å². The summed E-state index contributed by atoms with van der Waals surface area (Å²) in [6.07, 6.45) is 3.25. The molecule has 5 rings (SSSR count). The van der Waals surface area contributed by atoms with Gasteiger partial charge in [-0.2, -0.15) is 0 Å². The van der Waals surface area contributed by atoms with Gasteiger partial charge >= 0.3 is 0 Å². The first-order valence-corrected chi connectivity index (χ1v) is 12.0. The van der Waals surface area contributed by atoms with Crippen molar-refractivity contribution in [2.45, 2.75) is 37.8 Å². The van der Waals surface area contributed by atoms with Crippen LogP contribution in [0.15, 0.2) is 48.5 Å². The maximum absolute atomic E-state index is 14.6. The minimum atomic E-state index is -0.451. The minimum absolute atomic E-state index is 0.0843. The number of β-amino-alcohol motifs (C(OH)–C–C–N with tert-alkyl or cyclic N) is 1. The lowest BCUT2D eigenvalue weighted by molar-refractivity contribution is 0.0897. The lowest BCUT2D eigenvalue weighted by atomic mass is 10.0. The van der Waals surface area contributed by atoms with Gasteiger partial charge in [-0.1, -0.05) is 6.07 Å². The zero-order valence-corrected chi connectivity index (χ0v) is 19.1. The molecule has 34 heavy (non-hydrogen) atoms. The number of nitrogens with one attached hydrogen (secondary N) is 1. The number of halogens is 2. The molecule has 1 aromatic carbocycles. The number of rotatable bonds is 6. The van der Waals surface area contributed by atoms with Gasteiger partial charge in [-0.15, -0.1) is 0 Å². The number of benzene rings is 1. The van der Waals surface area contributed by atoms with Crippen LogP contribution in [0.5, 0.6) is 0 Å². The number of amides is 1. The number of carbonyl (C=O) groups excluding carboxylic acids is 1. The van der Waals surface area contributed by atoms with Crippen molar-refractivity contribution < 1.29 is 18.7 Å². The third kappa shape index (κ3) is 4.40. The number of fused-ring (bicyclic) bond motifs is 1. The molecular weight excluding hydrogens is 438 g/mol. The average Bonchev–Trinajstić information content (AvgIpc) is 3.49. The van der Waals surface area contributed by atoms with E-state index in [4.69, 9.17) is 5.11 Å². The van der Waals surface area contributed by atoms with E-state index in [-0.39, 0.29) is 24.6 Å². The third-order valence-corrected chi connectivity index (χ3v) is 7.09. The Morgan fingerprint density at radius 3 is 2.65 bits per heavy atom. The van der Waals surface area contributed by atoms with Crippen LogP contribution in [0.2, 0.25) is 0 Å². The summed E-state index contributed by atoms with van der Waals surface area (Å²) in [6, 6.07) is 12.9. The van der Waals surface area contributed by atoms with E-state index in [0.29, 0.717) is 30.8 Å². The van der Waals surface area contributed by atoms with E-state index in [9.17, 15) is 13.6 Å². The summed E-state index contributed by atoms with van der Waals surface area (Å²) in [6.45, 7) is 3.20. The van der Waals surface area contributed by atoms with E-state index in [1.807, 2.05) is 34.7 Å². The number of hydrogen-bond donors (Lipinski definition) is 2. The van der Waals surface area contributed by atoms with Crippen molar-refractivity contribution >= 4 is 17.2 Å². The van der Waals surface area contributed by atoms with Crippen molar-refractivity contribution in [3.05, 3.63) is 71.4 Å². The molecule has 2 fully saturated rings. The van der Waals surface area contributed by atoms with Crippen LogP contribution in [-0.2, 0) is 0 Å². The van der Waals surface area contributed by atoms with Gasteiger partial charge in [0.2, 0.25) is 0 Å². The van der Waals surface area contributed by atoms with E-state index >= 15 is 0 Å². The summed E-state index contributed by atoms with van der Waals surface area (Å²) in [5.74, 6) is -0.201. The fraction of sp³-hybridized carbons (Fsp3) is 0.423. The summed E-state index contributed by atoms with van der Waals surface area (Å²) < 4.78 is 30.5. The Labute approximate surface area is 197 Å². The van der Waals surface area contributed by atoms with Crippen molar-refractivity contribution in [3.8, 4) is 0 Å². The Morgan fingerprint density at radius 1 is 1.03 bits per heavy atom. The number of piperidine rings is 1. The second kappa shape index (κ2) is 9.72. The highest BCUT2D eigenvalue weighted by atomic mass is 19.1. The smallest absolute Gasteiger partial charge is 0.268 e. The van der Waals surface area contributed by atoms with Crippen molar-refractivity contribution in [1.82, 2.24) is 14.6 Å². The number of likely N-dealkylation sites (tertiary alicyclic amines) is 1. The van der Waals surface area contributed by atoms with Crippen LogP contribution in [0.4, 0.5) is 14.6 Å². The van der Waals surface area contributed by atoms with E-state index < -0.39 is 11.6 Å². The van der Waals surface area contributed by atoms with Crippen LogP contribution in [0.1, 0.15) is 47.8 Å². The lowest BCUT2D eigenvalue weighted by Crippen LogP contribution is -2.45. The Hall–Kier alpha value is -2.97. The Morgan fingerprint density at radius 2 is 1.85 bits per heavy atom. The molecule has 0 bridgehead atoms. The molecule has 0 radical (unpaired) electrons. The first kappa shape index (κ1) is 22.8. The van der Waals surface area contributed by atoms with Crippen molar-refractivity contribution in [2.24, 2.45) is 0 Å². The zero-order chi connectivity index (χ0) is 23.7. The van der Waals surface area contributed by atoms with Gasteiger partial charge in [0.25, 0.3) is 5.91 Å². The quantitative estimate of drug-likeness (QED) is 0.579. The third-order valence-electron chi connectivity index (χ3n) is 7.09. The van der Waals surface area contributed by atoms with Gasteiger partial charge in [0, 0.05) is 43.3 Å². The largest absolute Gasteiger partial charge is 0.395 e. The van der Waals surface area contributed by atoms with E-state index in [2.05, 4.69) is 15.1 Å².